The Hall–Kier alpha value is -7.83. The van der Waals surface area contributed by atoms with Gasteiger partial charge in [0.2, 0.25) is 11.8 Å². The number of anilines is 3. The van der Waals surface area contributed by atoms with Crippen molar-refractivity contribution in [2.75, 3.05) is 55.1 Å². The third-order valence-corrected chi connectivity index (χ3v) is 13.5. The van der Waals surface area contributed by atoms with E-state index in [2.05, 4.69) is 37.7 Å². The zero-order valence-corrected chi connectivity index (χ0v) is 36.9. The van der Waals surface area contributed by atoms with E-state index in [1.165, 1.54) is 0 Å². The third kappa shape index (κ3) is 7.50. The second kappa shape index (κ2) is 18.1. The molecular weight excluding hydrogens is 859 g/mol. The second-order valence-electron chi connectivity index (χ2n) is 17.3. The fourth-order valence-corrected chi connectivity index (χ4v) is 10.7. The molecule has 1 spiro atoms. The van der Waals surface area contributed by atoms with Gasteiger partial charge in [0.1, 0.15) is 42.0 Å². The molecule has 6 aromatic carbocycles. The van der Waals surface area contributed by atoms with Crippen LogP contribution in [0, 0.1) is 17.8 Å². The number of benzene rings is 6. The van der Waals surface area contributed by atoms with E-state index in [-0.39, 0.29) is 19.8 Å². The number of rotatable bonds is 10. The highest BCUT2D eigenvalue weighted by atomic mass is 16.6. The van der Waals surface area contributed by atoms with E-state index in [4.69, 9.17) is 14.2 Å². The summed E-state index contributed by atoms with van der Waals surface area (Å²) in [6, 6.07) is 44.5. The van der Waals surface area contributed by atoms with Crippen LogP contribution in [0.5, 0.6) is 5.75 Å². The molecule has 2 amide bonds. The van der Waals surface area contributed by atoms with E-state index in [0.717, 1.165) is 40.9 Å². The van der Waals surface area contributed by atoms with E-state index >= 15 is 14.4 Å². The lowest BCUT2D eigenvalue weighted by Gasteiger charge is -2.46. The van der Waals surface area contributed by atoms with Gasteiger partial charge in [0, 0.05) is 35.7 Å². The smallest absolute Gasteiger partial charge is 0.324 e. The maximum absolute atomic E-state index is 15.7. The van der Waals surface area contributed by atoms with Gasteiger partial charge < -0.3 is 34.9 Å². The largest absolute Gasteiger partial charge is 0.491 e. The van der Waals surface area contributed by atoms with Crippen molar-refractivity contribution in [3.05, 3.63) is 179 Å². The van der Waals surface area contributed by atoms with Gasteiger partial charge in [0.25, 0.3) is 0 Å². The van der Waals surface area contributed by atoms with Crippen LogP contribution in [0.4, 0.5) is 17.1 Å². The van der Waals surface area contributed by atoms with Crippen LogP contribution in [0.15, 0.2) is 152 Å². The van der Waals surface area contributed by atoms with Gasteiger partial charge in [-0.1, -0.05) is 102 Å². The number of aliphatic hydroxyl groups excluding tert-OH is 1. The van der Waals surface area contributed by atoms with Crippen molar-refractivity contribution in [3.63, 3.8) is 0 Å². The Balaban J connectivity index is 1.11. The minimum absolute atomic E-state index is 0.0335. The number of cyclic esters (lactones) is 1. The Morgan fingerprint density at radius 2 is 1.56 bits per heavy atom. The summed E-state index contributed by atoms with van der Waals surface area (Å²) >= 11 is 0. The number of fused-ring (bicyclic) bond motifs is 4. The number of ether oxygens (including phenoxy) is 3. The van der Waals surface area contributed by atoms with E-state index in [9.17, 15) is 5.11 Å². The predicted molar refractivity (Wildman–Crippen MR) is 255 cm³/mol. The Morgan fingerprint density at radius 3 is 2.34 bits per heavy atom. The molecule has 14 heteroatoms. The normalized spacial score (nSPS) is 23.0. The van der Waals surface area contributed by atoms with Crippen LogP contribution in [-0.4, -0.2) is 88.3 Å². The van der Waals surface area contributed by atoms with Crippen molar-refractivity contribution in [2.45, 2.75) is 36.2 Å². The first-order chi connectivity index (χ1) is 33.4. The summed E-state index contributed by atoms with van der Waals surface area (Å²) in [4.78, 5) is 51.0. The number of esters is 1. The number of carbonyl (C=O) groups excluding carboxylic acids is 3. The van der Waals surface area contributed by atoms with Gasteiger partial charge in [-0.3, -0.25) is 19.3 Å². The molecule has 0 unspecified atom stereocenters. The molecule has 5 heterocycles. The first-order valence-electron chi connectivity index (χ1n) is 22.8. The van der Waals surface area contributed by atoms with E-state index in [1.807, 2.05) is 150 Å². The van der Waals surface area contributed by atoms with Gasteiger partial charge in [-0.05, 0) is 89.0 Å². The zero-order valence-electron chi connectivity index (χ0n) is 36.9. The van der Waals surface area contributed by atoms with Crippen LogP contribution in [0.3, 0.4) is 0 Å². The highest BCUT2D eigenvalue weighted by Gasteiger charge is 2.74. The number of carbonyl (C=O) groups is 3. The lowest BCUT2D eigenvalue weighted by atomic mass is 9.65. The molecule has 0 bridgehead atoms. The van der Waals surface area contributed by atoms with Crippen LogP contribution >= 0.6 is 0 Å². The molecule has 3 saturated heterocycles. The number of hydrogen-bond donors (Lipinski definition) is 3. The molecule has 0 radical (unpaired) electrons. The van der Waals surface area contributed by atoms with Gasteiger partial charge in [-0.25, -0.2) is 4.68 Å². The van der Waals surface area contributed by atoms with Crippen molar-refractivity contribution < 1.29 is 33.7 Å². The van der Waals surface area contributed by atoms with Crippen LogP contribution in [0.1, 0.15) is 46.0 Å². The second-order valence-corrected chi connectivity index (χ2v) is 17.3. The molecular formula is C54H47N7O7. The molecule has 4 aliphatic heterocycles. The Labute approximate surface area is 392 Å². The summed E-state index contributed by atoms with van der Waals surface area (Å²) in [7, 11) is 0. The summed E-state index contributed by atoms with van der Waals surface area (Å²) in [6.07, 6.45) is -0.834. The van der Waals surface area contributed by atoms with Crippen molar-refractivity contribution in [3.8, 4) is 17.6 Å². The minimum atomic E-state index is -1.76. The van der Waals surface area contributed by atoms with Crippen molar-refractivity contribution >= 4 is 45.9 Å². The van der Waals surface area contributed by atoms with Crippen LogP contribution < -0.4 is 20.3 Å². The topological polar surface area (TPSA) is 160 Å². The molecule has 3 fully saturated rings. The molecule has 7 aromatic rings. The average Bonchev–Trinajstić information content (AvgIpc) is 4.04. The SMILES string of the molecule is O=C1O[C@H](c2ccccc2)[C@H](c2ccccc2)N2[C@H]1[C@@H](C(=O)Nc1ccc(N3CCOCC3)cc1)[C@]1(C(=O)Nc3ccc(C#CCn4nnc5ccccc54)cc31)[C@H]2c1cccc(OCCO)c1. The van der Waals surface area contributed by atoms with Crippen molar-refractivity contribution in [1.82, 2.24) is 19.9 Å². The fourth-order valence-electron chi connectivity index (χ4n) is 10.7. The quantitative estimate of drug-likeness (QED) is 0.100. The molecule has 3 N–H and O–H groups in total. The summed E-state index contributed by atoms with van der Waals surface area (Å²) < 4.78 is 19.9. The van der Waals surface area contributed by atoms with Crippen LogP contribution in [0.2, 0.25) is 0 Å². The monoisotopic (exact) mass is 905 g/mol. The number of amides is 2. The molecule has 4 aliphatic rings. The maximum Gasteiger partial charge on any atom is 0.324 e. The van der Waals surface area contributed by atoms with Gasteiger partial charge >= 0.3 is 5.97 Å². The molecule has 0 aliphatic carbocycles. The highest BCUT2D eigenvalue weighted by Crippen LogP contribution is 2.65. The van der Waals surface area contributed by atoms with Crippen molar-refractivity contribution in [2.24, 2.45) is 5.92 Å². The van der Waals surface area contributed by atoms with E-state index in [0.29, 0.717) is 47.0 Å². The van der Waals surface area contributed by atoms with Crippen LogP contribution in [-0.2, 0) is 35.8 Å². The van der Waals surface area contributed by atoms with Gasteiger partial charge in [-0.15, -0.1) is 5.10 Å². The number of hydrogen-bond acceptors (Lipinski definition) is 11. The Bertz CT molecular complexity index is 3080. The van der Waals surface area contributed by atoms with Crippen molar-refractivity contribution in [1.29, 1.82) is 0 Å². The van der Waals surface area contributed by atoms with E-state index < -0.39 is 53.3 Å². The summed E-state index contributed by atoms with van der Waals surface area (Å²) in [5.41, 5.74) is 5.13. The first-order valence-corrected chi connectivity index (χ1v) is 22.8. The standard InChI is InChI=1S/C54H47N7O7/c62-29-32-67-41-17-9-16-38(34-41)50-54(42-33-35(20-25-43(42)56-53(54)65)11-10-26-60-45-19-8-7-18-44(45)57-58-60)46(51(63)55-39-21-23-40(24-22-39)59-27-30-66-31-28-59)48-52(64)68-49(37-14-5-2-6-15-37)47(61(48)50)36-12-3-1-4-13-36/h1-9,12-25,33-34,46-50,62H,26-32H2,(H,55,63)(H,56,65)/t46-,47-,48-,49+,50+,54-/m0/s1. The molecule has 340 valence electrons. The highest BCUT2D eigenvalue weighted by molar-refractivity contribution is 6.13. The summed E-state index contributed by atoms with van der Waals surface area (Å²) in [6.45, 7) is 2.81. The number of para-hydroxylation sites is 1. The molecule has 6 atom stereocenters. The van der Waals surface area contributed by atoms with E-state index in [1.54, 1.807) is 10.7 Å². The number of aliphatic hydroxyl groups is 1. The molecule has 1 aromatic heterocycles. The summed E-state index contributed by atoms with van der Waals surface area (Å²) in [5, 5.41) is 24.7. The lowest BCUT2D eigenvalue weighted by Crippen LogP contribution is -2.53. The Kier molecular flexibility index (Phi) is 11.4. The van der Waals surface area contributed by atoms with Crippen LogP contribution in [0.25, 0.3) is 11.0 Å². The zero-order chi connectivity index (χ0) is 46.2. The van der Waals surface area contributed by atoms with Gasteiger partial charge in [0.05, 0.1) is 43.3 Å². The number of aromatic nitrogens is 3. The number of nitrogens with one attached hydrogen (secondary N) is 2. The Morgan fingerprint density at radius 1 is 0.824 bits per heavy atom. The lowest BCUT2D eigenvalue weighted by molar-refractivity contribution is -0.177. The van der Waals surface area contributed by atoms with Gasteiger partial charge in [-0.2, -0.15) is 0 Å². The third-order valence-electron chi connectivity index (χ3n) is 13.5. The molecule has 68 heavy (non-hydrogen) atoms. The molecule has 11 rings (SSSR count). The minimum Gasteiger partial charge on any atom is -0.491 e. The first kappa shape index (κ1) is 42.8. The average molecular weight is 906 g/mol. The summed E-state index contributed by atoms with van der Waals surface area (Å²) in [5.74, 6) is 4.02. The predicted octanol–water partition coefficient (Wildman–Crippen LogP) is 6.60. The number of nitrogens with zero attached hydrogens (tertiary/aromatic N) is 5. The fraction of sp³-hybridized carbons (Fsp3) is 0.241. The number of morpholine rings is 2. The molecule has 14 nitrogen and oxygen atoms in total. The maximum atomic E-state index is 15.7. The molecule has 0 saturated carbocycles. The van der Waals surface area contributed by atoms with Gasteiger partial charge in [0.15, 0.2) is 0 Å².